The average Bonchev–Trinajstić information content (AvgIpc) is 3.42. The van der Waals surface area contributed by atoms with Crippen LogP contribution in [0.15, 0.2) is 35.5 Å². The molecule has 3 aliphatic rings. The highest BCUT2D eigenvalue weighted by Crippen LogP contribution is 2.37. The molecule has 2 N–H and O–H groups in total. The van der Waals surface area contributed by atoms with Gasteiger partial charge in [-0.15, -0.1) is 0 Å². The second-order valence-electron chi connectivity index (χ2n) is 7.23. The van der Waals surface area contributed by atoms with E-state index in [1.807, 2.05) is 6.07 Å². The lowest BCUT2D eigenvalue weighted by Crippen LogP contribution is -2.45. The smallest absolute Gasteiger partial charge is 0.322 e. The lowest BCUT2D eigenvalue weighted by molar-refractivity contribution is -0.131. The maximum Gasteiger partial charge on any atom is 0.322 e. The fourth-order valence-corrected chi connectivity index (χ4v) is 3.75. The Balaban J connectivity index is 1.56. The van der Waals surface area contributed by atoms with Crippen molar-refractivity contribution in [2.24, 2.45) is 5.92 Å². The minimum atomic E-state index is -0.621. The highest BCUT2D eigenvalue weighted by atomic mass is 35.5. The Labute approximate surface area is 162 Å². The third-order valence-corrected chi connectivity index (χ3v) is 5.61. The SMILES string of the molecule is CN1C(=O)NC(c2ccccc2Cl)C2=C1CN(CC(=O)NCC1CC1)C2=O. The molecule has 1 atom stereocenters. The van der Waals surface area contributed by atoms with Crippen molar-refractivity contribution < 1.29 is 14.4 Å². The second kappa shape index (κ2) is 6.88. The van der Waals surface area contributed by atoms with Gasteiger partial charge in [-0.05, 0) is 30.4 Å². The van der Waals surface area contributed by atoms with E-state index in [4.69, 9.17) is 11.6 Å². The Hall–Kier alpha value is -2.54. The van der Waals surface area contributed by atoms with Gasteiger partial charge in [-0.2, -0.15) is 0 Å². The van der Waals surface area contributed by atoms with Crippen LogP contribution in [0.3, 0.4) is 0 Å². The van der Waals surface area contributed by atoms with Crippen molar-refractivity contribution in [3.63, 3.8) is 0 Å². The van der Waals surface area contributed by atoms with Gasteiger partial charge in [-0.1, -0.05) is 29.8 Å². The van der Waals surface area contributed by atoms with Gasteiger partial charge >= 0.3 is 6.03 Å². The van der Waals surface area contributed by atoms with Crippen LogP contribution < -0.4 is 10.6 Å². The standard InChI is InChI=1S/C19H21ClN4O3/c1-23-14-9-24(10-15(25)21-8-11-6-7-11)18(26)16(14)17(22-19(23)27)12-4-2-3-5-13(12)20/h2-5,11,17H,6-10H2,1H3,(H,21,25)(H,22,27). The summed E-state index contributed by atoms with van der Waals surface area (Å²) in [7, 11) is 1.62. The Morgan fingerprint density at radius 1 is 1.30 bits per heavy atom. The van der Waals surface area contributed by atoms with Crippen LogP contribution >= 0.6 is 11.6 Å². The number of nitrogens with zero attached hydrogens (tertiary/aromatic N) is 2. The van der Waals surface area contributed by atoms with Crippen LogP contribution in [-0.4, -0.2) is 54.3 Å². The summed E-state index contributed by atoms with van der Waals surface area (Å²) in [5.41, 5.74) is 1.75. The van der Waals surface area contributed by atoms with Gasteiger partial charge < -0.3 is 15.5 Å². The molecule has 0 bridgehead atoms. The summed E-state index contributed by atoms with van der Waals surface area (Å²) >= 11 is 6.30. The summed E-state index contributed by atoms with van der Waals surface area (Å²) in [6, 6.07) is 6.21. The number of halogens is 1. The van der Waals surface area contributed by atoms with Gasteiger partial charge in [0.05, 0.1) is 23.9 Å². The van der Waals surface area contributed by atoms with E-state index in [1.165, 1.54) is 9.80 Å². The maximum atomic E-state index is 13.0. The minimum absolute atomic E-state index is 0.0180. The van der Waals surface area contributed by atoms with E-state index in [-0.39, 0.29) is 30.9 Å². The fourth-order valence-electron chi connectivity index (χ4n) is 3.50. The molecule has 7 nitrogen and oxygen atoms in total. The summed E-state index contributed by atoms with van der Waals surface area (Å²) in [5.74, 6) is 0.154. The second-order valence-corrected chi connectivity index (χ2v) is 7.64. The number of nitrogens with one attached hydrogen (secondary N) is 2. The Morgan fingerprint density at radius 3 is 2.74 bits per heavy atom. The summed E-state index contributed by atoms with van der Waals surface area (Å²) in [6.45, 7) is 0.877. The predicted octanol–water partition coefficient (Wildman–Crippen LogP) is 1.66. The lowest BCUT2D eigenvalue weighted by atomic mass is 9.96. The average molecular weight is 389 g/mol. The molecule has 0 radical (unpaired) electrons. The molecule has 27 heavy (non-hydrogen) atoms. The van der Waals surface area contributed by atoms with Crippen LogP contribution in [0.1, 0.15) is 24.4 Å². The van der Waals surface area contributed by atoms with Crippen LogP contribution in [-0.2, 0) is 9.59 Å². The zero-order chi connectivity index (χ0) is 19.1. The molecule has 4 rings (SSSR count). The molecule has 8 heteroatoms. The quantitative estimate of drug-likeness (QED) is 0.804. The van der Waals surface area contributed by atoms with E-state index in [0.717, 1.165) is 12.8 Å². The molecule has 1 fully saturated rings. The van der Waals surface area contributed by atoms with Gasteiger partial charge in [0.1, 0.15) is 6.54 Å². The summed E-state index contributed by atoms with van der Waals surface area (Å²) in [4.78, 5) is 40.5. The zero-order valence-corrected chi connectivity index (χ0v) is 15.8. The number of carbonyl (C=O) groups is 3. The Kier molecular flexibility index (Phi) is 4.55. The van der Waals surface area contributed by atoms with Crippen molar-refractivity contribution in [3.05, 3.63) is 46.1 Å². The first-order valence-corrected chi connectivity index (χ1v) is 9.41. The third kappa shape index (κ3) is 3.39. The fraction of sp³-hybridized carbons (Fsp3) is 0.421. The maximum absolute atomic E-state index is 13.0. The van der Waals surface area contributed by atoms with E-state index in [1.54, 1.807) is 25.2 Å². The van der Waals surface area contributed by atoms with E-state index in [2.05, 4.69) is 10.6 Å². The summed E-state index contributed by atoms with van der Waals surface area (Å²) in [6.07, 6.45) is 2.30. The van der Waals surface area contributed by atoms with Gasteiger partial charge in [0.15, 0.2) is 0 Å². The number of hydrogen-bond acceptors (Lipinski definition) is 3. The molecule has 0 spiro atoms. The van der Waals surface area contributed by atoms with Crippen LogP contribution in [0, 0.1) is 5.92 Å². The molecular weight excluding hydrogens is 368 g/mol. The van der Waals surface area contributed by atoms with Gasteiger partial charge in [0.25, 0.3) is 5.91 Å². The Bertz CT molecular complexity index is 849. The predicted molar refractivity (Wildman–Crippen MR) is 99.8 cm³/mol. The molecule has 2 aliphatic heterocycles. The number of amides is 4. The molecule has 1 unspecified atom stereocenters. The van der Waals surface area contributed by atoms with Gasteiger partial charge in [-0.25, -0.2) is 4.79 Å². The lowest BCUT2D eigenvalue weighted by Gasteiger charge is -2.31. The van der Waals surface area contributed by atoms with E-state index >= 15 is 0 Å². The molecule has 1 aromatic rings. The summed E-state index contributed by atoms with van der Waals surface area (Å²) < 4.78 is 0. The number of benzene rings is 1. The molecule has 2 heterocycles. The van der Waals surface area contributed by atoms with Gasteiger partial charge in [0.2, 0.25) is 5.91 Å². The third-order valence-electron chi connectivity index (χ3n) is 5.27. The molecular formula is C19H21ClN4O3. The van der Waals surface area contributed by atoms with Crippen molar-refractivity contribution in [2.45, 2.75) is 18.9 Å². The van der Waals surface area contributed by atoms with Crippen molar-refractivity contribution in [1.82, 2.24) is 20.4 Å². The number of hydrogen-bond donors (Lipinski definition) is 2. The highest BCUT2D eigenvalue weighted by Gasteiger charge is 2.43. The molecule has 0 aromatic heterocycles. The molecule has 142 valence electrons. The number of rotatable bonds is 5. The molecule has 1 aliphatic carbocycles. The number of likely N-dealkylation sites (N-methyl/N-ethyl adjacent to an activating group) is 1. The van der Waals surface area contributed by atoms with Crippen molar-refractivity contribution >= 4 is 29.4 Å². The monoisotopic (exact) mass is 388 g/mol. The van der Waals surface area contributed by atoms with E-state index in [0.29, 0.717) is 34.3 Å². The van der Waals surface area contributed by atoms with E-state index < -0.39 is 6.04 Å². The molecule has 0 saturated heterocycles. The minimum Gasteiger partial charge on any atom is -0.354 e. The normalized spacial score (nSPS) is 22.1. The first-order valence-electron chi connectivity index (χ1n) is 9.03. The van der Waals surface area contributed by atoms with E-state index in [9.17, 15) is 14.4 Å². The first kappa shape index (κ1) is 17.9. The van der Waals surface area contributed by atoms with Crippen LogP contribution in [0.25, 0.3) is 0 Å². The zero-order valence-electron chi connectivity index (χ0n) is 15.0. The van der Waals surface area contributed by atoms with Gasteiger partial charge in [0, 0.05) is 18.6 Å². The first-order chi connectivity index (χ1) is 13.0. The number of urea groups is 1. The largest absolute Gasteiger partial charge is 0.354 e. The van der Waals surface area contributed by atoms with Crippen LogP contribution in [0.2, 0.25) is 5.02 Å². The van der Waals surface area contributed by atoms with Crippen LogP contribution in [0.4, 0.5) is 4.79 Å². The molecule has 1 aromatic carbocycles. The molecule has 4 amide bonds. The highest BCUT2D eigenvalue weighted by molar-refractivity contribution is 6.31. The molecule has 1 saturated carbocycles. The summed E-state index contributed by atoms with van der Waals surface area (Å²) in [5, 5.41) is 6.20. The van der Waals surface area contributed by atoms with Crippen molar-refractivity contribution in [3.8, 4) is 0 Å². The topological polar surface area (TPSA) is 81.8 Å². The van der Waals surface area contributed by atoms with Crippen molar-refractivity contribution in [2.75, 3.05) is 26.7 Å². The van der Waals surface area contributed by atoms with Crippen LogP contribution in [0.5, 0.6) is 0 Å². The number of carbonyl (C=O) groups excluding carboxylic acids is 3. The van der Waals surface area contributed by atoms with Crippen molar-refractivity contribution in [1.29, 1.82) is 0 Å². The van der Waals surface area contributed by atoms with Gasteiger partial charge in [-0.3, -0.25) is 14.5 Å². The Morgan fingerprint density at radius 2 is 2.04 bits per heavy atom.